The van der Waals surface area contributed by atoms with Crippen molar-refractivity contribution in [2.45, 2.75) is 6.54 Å². The van der Waals surface area contributed by atoms with E-state index in [0.29, 0.717) is 28.1 Å². The number of methoxy groups -OCH3 is 1. The number of nitrogens with zero attached hydrogens (tertiary/aromatic N) is 2. The molecular weight excluding hydrogens is 407 g/mol. The van der Waals surface area contributed by atoms with Crippen LogP contribution >= 0.6 is 23.2 Å². The predicted molar refractivity (Wildman–Crippen MR) is 120 cm³/mol. The smallest absolute Gasteiger partial charge is 0.137 e. The van der Waals surface area contributed by atoms with Gasteiger partial charge in [-0.2, -0.15) is 0 Å². The van der Waals surface area contributed by atoms with E-state index in [-0.39, 0.29) is 0 Å². The molecule has 0 saturated heterocycles. The molecule has 3 aromatic carbocycles. The van der Waals surface area contributed by atoms with Gasteiger partial charge < -0.3 is 15.8 Å². The SMILES string of the molecule is COc1ccc(CNc2ncnc3c(-c4cccc(Cl)c4Cl)cc(N)cc23)cc1. The molecule has 0 unspecified atom stereocenters. The van der Waals surface area contributed by atoms with Crippen LogP contribution in [-0.2, 0) is 6.54 Å². The minimum Gasteiger partial charge on any atom is -0.497 e. The maximum Gasteiger partial charge on any atom is 0.137 e. The highest BCUT2D eigenvalue weighted by Gasteiger charge is 2.14. The summed E-state index contributed by atoms with van der Waals surface area (Å²) in [5.74, 6) is 1.51. The molecule has 3 N–H and O–H groups in total. The van der Waals surface area contributed by atoms with Crippen molar-refractivity contribution in [3.8, 4) is 16.9 Å². The van der Waals surface area contributed by atoms with E-state index in [2.05, 4.69) is 15.3 Å². The zero-order valence-electron chi connectivity index (χ0n) is 15.6. The summed E-state index contributed by atoms with van der Waals surface area (Å²) in [5.41, 5.74) is 10.2. The van der Waals surface area contributed by atoms with E-state index in [1.165, 1.54) is 6.33 Å². The maximum atomic E-state index is 6.44. The largest absolute Gasteiger partial charge is 0.497 e. The summed E-state index contributed by atoms with van der Waals surface area (Å²) in [7, 11) is 1.65. The molecule has 0 aliphatic heterocycles. The van der Waals surface area contributed by atoms with Gasteiger partial charge in [-0.15, -0.1) is 0 Å². The third-order valence-electron chi connectivity index (χ3n) is 4.62. The van der Waals surface area contributed by atoms with Crippen molar-refractivity contribution in [1.82, 2.24) is 9.97 Å². The van der Waals surface area contributed by atoms with Gasteiger partial charge in [-0.1, -0.05) is 47.5 Å². The number of hydrogen-bond donors (Lipinski definition) is 2. The molecule has 5 nitrogen and oxygen atoms in total. The normalized spacial score (nSPS) is 10.9. The summed E-state index contributed by atoms with van der Waals surface area (Å²) >= 11 is 12.7. The fourth-order valence-corrected chi connectivity index (χ4v) is 3.58. The molecule has 0 spiro atoms. The fourth-order valence-electron chi connectivity index (χ4n) is 3.18. The van der Waals surface area contributed by atoms with Crippen LogP contribution in [0.1, 0.15) is 5.56 Å². The Morgan fingerprint density at radius 2 is 1.79 bits per heavy atom. The number of halogens is 2. The number of hydrogen-bond acceptors (Lipinski definition) is 5. The highest BCUT2D eigenvalue weighted by atomic mass is 35.5. The van der Waals surface area contributed by atoms with Crippen LogP contribution in [0.4, 0.5) is 11.5 Å². The van der Waals surface area contributed by atoms with Crippen molar-refractivity contribution >= 4 is 45.6 Å². The highest BCUT2D eigenvalue weighted by Crippen LogP contribution is 2.38. The second-order valence-electron chi connectivity index (χ2n) is 6.49. The summed E-state index contributed by atoms with van der Waals surface area (Å²) in [5, 5.41) is 5.12. The molecule has 0 fully saturated rings. The maximum absolute atomic E-state index is 6.44. The molecule has 0 aliphatic rings. The van der Waals surface area contributed by atoms with Crippen LogP contribution in [0, 0.1) is 0 Å². The molecule has 0 atom stereocenters. The Labute approximate surface area is 178 Å². The topological polar surface area (TPSA) is 73.1 Å². The van der Waals surface area contributed by atoms with Gasteiger partial charge in [-0.05, 0) is 35.9 Å². The molecule has 0 bridgehead atoms. The molecule has 1 heterocycles. The van der Waals surface area contributed by atoms with Crippen LogP contribution < -0.4 is 15.8 Å². The first kappa shape index (κ1) is 19.3. The monoisotopic (exact) mass is 424 g/mol. The molecule has 0 radical (unpaired) electrons. The van der Waals surface area contributed by atoms with Gasteiger partial charge in [0.2, 0.25) is 0 Å². The Morgan fingerprint density at radius 1 is 1.00 bits per heavy atom. The summed E-state index contributed by atoms with van der Waals surface area (Å²) in [6.45, 7) is 0.595. The first-order chi connectivity index (χ1) is 14.1. The molecule has 146 valence electrons. The number of ether oxygens (including phenoxy) is 1. The van der Waals surface area contributed by atoms with Gasteiger partial charge in [0, 0.05) is 28.7 Å². The minimum absolute atomic E-state index is 0.465. The minimum atomic E-state index is 0.465. The lowest BCUT2D eigenvalue weighted by Gasteiger charge is -2.13. The second-order valence-corrected chi connectivity index (χ2v) is 7.28. The van der Waals surface area contributed by atoms with Crippen LogP contribution in [0.5, 0.6) is 5.75 Å². The van der Waals surface area contributed by atoms with Crippen molar-refractivity contribution in [3.63, 3.8) is 0 Å². The first-order valence-corrected chi connectivity index (χ1v) is 9.68. The van der Waals surface area contributed by atoms with Gasteiger partial charge in [0.1, 0.15) is 17.9 Å². The van der Waals surface area contributed by atoms with Gasteiger partial charge in [0.25, 0.3) is 0 Å². The van der Waals surface area contributed by atoms with Gasteiger partial charge >= 0.3 is 0 Å². The van der Waals surface area contributed by atoms with Gasteiger partial charge in [-0.3, -0.25) is 0 Å². The van der Waals surface area contributed by atoms with Gasteiger partial charge in [0.05, 0.1) is 22.7 Å². The van der Waals surface area contributed by atoms with E-state index in [0.717, 1.165) is 33.3 Å². The molecule has 7 heteroatoms. The molecule has 1 aromatic heterocycles. The number of fused-ring (bicyclic) bond motifs is 1. The Morgan fingerprint density at radius 3 is 2.55 bits per heavy atom. The zero-order valence-corrected chi connectivity index (χ0v) is 17.1. The second kappa shape index (κ2) is 8.15. The lowest BCUT2D eigenvalue weighted by molar-refractivity contribution is 0.414. The van der Waals surface area contributed by atoms with E-state index in [9.17, 15) is 0 Å². The molecule has 0 aliphatic carbocycles. The van der Waals surface area contributed by atoms with Crippen molar-refractivity contribution in [1.29, 1.82) is 0 Å². The predicted octanol–water partition coefficient (Wildman–Crippen LogP) is 5.81. The van der Waals surface area contributed by atoms with Gasteiger partial charge in [0.15, 0.2) is 0 Å². The van der Waals surface area contributed by atoms with E-state index >= 15 is 0 Å². The third kappa shape index (κ3) is 3.92. The van der Waals surface area contributed by atoms with Crippen molar-refractivity contribution in [2.24, 2.45) is 0 Å². The number of nitrogen functional groups attached to an aromatic ring is 1. The highest BCUT2D eigenvalue weighted by molar-refractivity contribution is 6.44. The number of rotatable bonds is 5. The number of anilines is 2. The molecule has 4 rings (SSSR count). The number of aromatic nitrogens is 2. The van der Waals surface area contributed by atoms with E-state index < -0.39 is 0 Å². The van der Waals surface area contributed by atoms with Crippen LogP contribution in [0.15, 0.2) is 60.9 Å². The fraction of sp³-hybridized carbons (Fsp3) is 0.0909. The molecule has 0 saturated carbocycles. The van der Waals surface area contributed by atoms with Crippen molar-refractivity contribution in [2.75, 3.05) is 18.2 Å². The van der Waals surface area contributed by atoms with Crippen LogP contribution in [-0.4, -0.2) is 17.1 Å². The van der Waals surface area contributed by atoms with Crippen LogP contribution in [0.2, 0.25) is 10.0 Å². The summed E-state index contributed by atoms with van der Waals surface area (Å²) in [6, 6.07) is 17.0. The molecule has 0 amide bonds. The number of benzene rings is 3. The van der Waals surface area contributed by atoms with Crippen molar-refractivity contribution < 1.29 is 4.74 Å². The third-order valence-corrected chi connectivity index (χ3v) is 5.44. The first-order valence-electron chi connectivity index (χ1n) is 8.92. The molecule has 29 heavy (non-hydrogen) atoms. The number of nitrogens with two attached hydrogens (primary N) is 1. The lowest BCUT2D eigenvalue weighted by atomic mass is 10.0. The van der Waals surface area contributed by atoms with E-state index in [1.54, 1.807) is 13.2 Å². The quantitative estimate of drug-likeness (QED) is 0.395. The van der Waals surface area contributed by atoms with E-state index in [4.69, 9.17) is 33.7 Å². The Balaban J connectivity index is 1.74. The van der Waals surface area contributed by atoms with Gasteiger partial charge in [-0.25, -0.2) is 9.97 Å². The van der Waals surface area contributed by atoms with Crippen molar-refractivity contribution in [3.05, 3.63) is 76.5 Å². The Bertz CT molecular complexity index is 1180. The molecule has 4 aromatic rings. The average Bonchev–Trinajstić information content (AvgIpc) is 2.74. The number of nitrogens with one attached hydrogen (secondary N) is 1. The van der Waals surface area contributed by atoms with Crippen LogP contribution in [0.3, 0.4) is 0 Å². The zero-order chi connectivity index (χ0) is 20.4. The Hall–Kier alpha value is -3.02. The summed E-state index contributed by atoms with van der Waals surface area (Å²) in [4.78, 5) is 8.89. The lowest BCUT2D eigenvalue weighted by Crippen LogP contribution is -2.03. The summed E-state index contributed by atoms with van der Waals surface area (Å²) in [6.07, 6.45) is 1.52. The van der Waals surface area contributed by atoms with Crippen LogP contribution in [0.25, 0.3) is 22.0 Å². The summed E-state index contributed by atoms with van der Waals surface area (Å²) < 4.78 is 5.20. The van der Waals surface area contributed by atoms with E-state index in [1.807, 2.05) is 48.5 Å². The Kier molecular flexibility index (Phi) is 5.43. The molecular formula is C22H18Cl2N4O. The average molecular weight is 425 g/mol. The standard InChI is InChI=1S/C22H18Cl2N4O/c1-29-15-7-5-13(6-8-15)11-26-22-18-10-14(25)9-17(21(18)27-12-28-22)16-3-2-4-19(23)20(16)24/h2-10,12H,11,25H2,1H3,(H,26,27,28).